The van der Waals surface area contributed by atoms with Crippen molar-refractivity contribution in [3.63, 3.8) is 0 Å². The lowest BCUT2D eigenvalue weighted by atomic mass is 10.1. The number of hydrogen-bond donors (Lipinski definition) is 0. The van der Waals surface area contributed by atoms with E-state index in [0.717, 1.165) is 11.3 Å². The van der Waals surface area contributed by atoms with Crippen LogP contribution in [0.2, 0.25) is 0 Å². The summed E-state index contributed by atoms with van der Waals surface area (Å²) >= 11 is 5.68. The minimum absolute atomic E-state index is 0.246. The Labute approximate surface area is 93.0 Å². The minimum Gasteiger partial charge on any atom is -0.361 e. The van der Waals surface area contributed by atoms with E-state index in [1.165, 1.54) is 10.6 Å². The van der Waals surface area contributed by atoms with Crippen molar-refractivity contribution in [2.24, 2.45) is 0 Å². The molecule has 1 aromatic rings. The molecule has 0 saturated heterocycles. The van der Waals surface area contributed by atoms with E-state index in [0.29, 0.717) is 25.2 Å². The fourth-order valence-electron chi connectivity index (χ4n) is 1.63. The first kappa shape index (κ1) is 10.9. The van der Waals surface area contributed by atoms with Crippen LogP contribution in [0.5, 0.6) is 0 Å². The first-order valence-electron chi connectivity index (χ1n) is 4.49. The maximum atomic E-state index is 11.4. The van der Waals surface area contributed by atoms with E-state index in [9.17, 15) is 8.42 Å². The zero-order valence-corrected chi connectivity index (χ0v) is 9.81. The molecule has 1 aliphatic heterocycles. The van der Waals surface area contributed by atoms with Crippen LogP contribution in [0.15, 0.2) is 4.52 Å². The molecule has 2 heterocycles. The van der Waals surface area contributed by atoms with Crippen molar-refractivity contribution in [1.82, 2.24) is 9.46 Å². The molecule has 0 unspecified atom stereocenters. The predicted octanol–water partition coefficient (Wildman–Crippen LogP) is 0.731. The summed E-state index contributed by atoms with van der Waals surface area (Å²) in [5.41, 5.74) is 1.46. The summed E-state index contributed by atoms with van der Waals surface area (Å²) in [6.45, 7) is 0.766. The molecule has 2 rings (SSSR count). The van der Waals surface area contributed by atoms with Crippen LogP contribution in [0, 0.1) is 0 Å². The third-order valence-corrected chi connectivity index (χ3v) is 3.97. The summed E-state index contributed by atoms with van der Waals surface area (Å²) in [5.74, 6) is 1.00. The molecule has 0 aliphatic carbocycles. The lowest BCUT2D eigenvalue weighted by molar-refractivity contribution is 0.332. The fourth-order valence-corrected chi connectivity index (χ4v) is 2.62. The van der Waals surface area contributed by atoms with Gasteiger partial charge in [-0.2, -0.15) is 4.31 Å². The minimum atomic E-state index is -3.15. The van der Waals surface area contributed by atoms with Gasteiger partial charge < -0.3 is 4.52 Å². The number of aromatic nitrogens is 1. The van der Waals surface area contributed by atoms with Crippen molar-refractivity contribution < 1.29 is 12.9 Å². The quantitative estimate of drug-likeness (QED) is 0.726. The normalized spacial score (nSPS) is 17.7. The van der Waals surface area contributed by atoms with Gasteiger partial charge in [-0.25, -0.2) is 8.42 Å². The van der Waals surface area contributed by atoms with Crippen molar-refractivity contribution in [1.29, 1.82) is 0 Å². The summed E-state index contributed by atoms with van der Waals surface area (Å²) in [7, 11) is -3.15. The third-order valence-electron chi connectivity index (χ3n) is 2.47. The highest BCUT2D eigenvalue weighted by Crippen LogP contribution is 2.24. The van der Waals surface area contributed by atoms with E-state index in [-0.39, 0.29) is 5.88 Å². The zero-order chi connectivity index (χ0) is 11.1. The lowest BCUT2D eigenvalue weighted by Crippen LogP contribution is -2.34. The average Bonchev–Trinajstić information content (AvgIpc) is 2.57. The average molecular weight is 251 g/mol. The molecule has 15 heavy (non-hydrogen) atoms. The number of hydrogen-bond acceptors (Lipinski definition) is 4. The van der Waals surface area contributed by atoms with Crippen LogP contribution in [0.4, 0.5) is 0 Å². The van der Waals surface area contributed by atoms with Gasteiger partial charge in [-0.3, -0.25) is 0 Å². The number of fused-ring (bicyclic) bond motifs is 1. The molecule has 1 aliphatic rings. The highest BCUT2D eigenvalue weighted by atomic mass is 35.5. The summed E-state index contributed by atoms with van der Waals surface area (Å²) in [4.78, 5) is 0. The summed E-state index contributed by atoms with van der Waals surface area (Å²) < 4.78 is 29.2. The van der Waals surface area contributed by atoms with E-state index in [4.69, 9.17) is 16.1 Å². The molecule has 0 radical (unpaired) electrons. The smallest absolute Gasteiger partial charge is 0.211 e. The van der Waals surface area contributed by atoms with Crippen LogP contribution in [0.3, 0.4) is 0 Å². The van der Waals surface area contributed by atoms with Gasteiger partial charge in [0.05, 0.1) is 12.1 Å². The van der Waals surface area contributed by atoms with Crippen molar-refractivity contribution in [3.05, 3.63) is 17.0 Å². The van der Waals surface area contributed by atoms with Gasteiger partial charge in [-0.15, -0.1) is 11.6 Å². The first-order valence-corrected chi connectivity index (χ1v) is 6.88. The van der Waals surface area contributed by atoms with Gasteiger partial charge in [-0.05, 0) is 0 Å². The molecule has 5 nitrogen and oxygen atoms in total. The molecule has 0 aromatic carbocycles. The zero-order valence-electron chi connectivity index (χ0n) is 8.23. The highest BCUT2D eigenvalue weighted by molar-refractivity contribution is 7.88. The second kappa shape index (κ2) is 3.77. The molecule has 0 N–H and O–H groups in total. The van der Waals surface area contributed by atoms with Gasteiger partial charge in [0, 0.05) is 25.1 Å². The Morgan fingerprint density at radius 3 is 2.93 bits per heavy atom. The van der Waals surface area contributed by atoms with Crippen LogP contribution in [0.1, 0.15) is 17.0 Å². The van der Waals surface area contributed by atoms with Gasteiger partial charge in [0.15, 0.2) is 0 Å². The molecule has 0 bridgehead atoms. The van der Waals surface area contributed by atoms with E-state index in [2.05, 4.69) is 5.16 Å². The highest BCUT2D eigenvalue weighted by Gasteiger charge is 2.28. The Bertz CT molecular complexity index is 455. The number of alkyl halides is 1. The largest absolute Gasteiger partial charge is 0.361 e. The molecule has 0 saturated carbocycles. The van der Waals surface area contributed by atoms with Crippen LogP contribution in [0.25, 0.3) is 0 Å². The Morgan fingerprint density at radius 2 is 2.33 bits per heavy atom. The number of rotatable bonds is 2. The summed E-state index contributed by atoms with van der Waals surface area (Å²) in [6.07, 6.45) is 1.76. The summed E-state index contributed by atoms with van der Waals surface area (Å²) in [6, 6.07) is 0. The third kappa shape index (κ3) is 2.02. The SMILES string of the molecule is CS(=O)(=O)N1CCc2onc(CCl)c2C1. The van der Waals surface area contributed by atoms with Crippen LogP contribution < -0.4 is 0 Å². The van der Waals surface area contributed by atoms with Crippen molar-refractivity contribution >= 4 is 21.6 Å². The van der Waals surface area contributed by atoms with Crippen molar-refractivity contribution in [2.75, 3.05) is 12.8 Å². The fraction of sp³-hybridized carbons (Fsp3) is 0.625. The van der Waals surface area contributed by atoms with Gasteiger partial charge in [-0.1, -0.05) is 5.16 Å². The van der Waals surface area contributed by atoms with Gasteiger partial charge in [0.2, 0.25) is 10.0 Å². The number of sulfonamides is 1. The lowest BCUT2D eigenvalue weighted by Gasteiger charge is -2.23. The van der Waals surface area contributed by atoms with E-state index >= 15 is 0 Å². The standard InChI is InChI=1S/C8H11ClN2O3S/c1-15(12,13)11-3-2-8-6(5-11)7(4-9)10-14-8/h2-5H2,1H3. The Kier molecular flexibility index (Phi) is 2.74. The Morgan fingerprint density at radius 1 is 1.60 bits per heavy atom. The van der Waals surface area contributed by atoms with E-state index < -0.39 is 10.0 Å². The van der Waals surface area contributed by atoms with Crippen LogP contribution >= 0.6 is 11.6 Å². The molecule has 84 valence electrons. The molecule has 0 spiro atoms. The molecule has 1 aromatic heterocycles. The van der Waals surface area contributed by atoms with Crippen LogP contribution in [-0.2, 0) is 28.9 Å². The molecule has 0 amide bonds. The van der Waals surface area contributed by atoms with Crippen LogP contribution in [-0.4, -0.2) is 30.7 Å². The van der Waals surface area contributed by atoms with Gasteiger partial charge in [0.25, 0.3) is 0 Å². The second-order valence-electron chi connectivity index (χ2n) is 3.51. The second-order valence-corrected chi connectivity index (χ2v) is 5.76. The van der Waals surface area contributed by atoms with Crippen molar-refractivity contribution in [3.8, 4) is 0 Å². The van der Waals surface area contributed by atoms with E-state index in [1.54, 1.807) is 0 Å². The molecule has 7 heteroatoms. The molecular formula is C8H11ClN2O3S. The Balaban J connectivity index is 2.32. The molecule has 0 atom stereocenters. The van der Waals surface area contributed by atoms with Crippen molar-refractivity contribution in [2.45, 2.75) is 18.8 Å². The van der Waals surface area contributed by atoms with Gasteiger partial charge >= 0.3 is 0 Å². The Hall–Kier alpha value is -0.590. The first-order chi connectivity index (χ1) is 7.02. The predicted molar refractivity (Wildman–Crippen MR) is 55.0 cm³/mol. The number of halogens is 1. The molecular weight excluding hydrogens is 240 g/mol. The number of nitrogens with zero attached hydrogens (tertiary/aromatic N) is 2. The monoisotopic (exact) mass is 250 g/mol. The molecule has 0 fully saturated rings. The van der Waals surface area contributed by atoms with Gasteiger partial charge in [0.1, 0.15) is 11.5 Å². The summed E-state index contributed by atoms with van der Waals surface area (Å²) in [5, 5.41) is 3.80. The topological polar surface area (TPSA) is 63.4 Å². The maximum Gasteiger partial charge on any atom is 0.211 e. The maximum absolute atomic E-state index is 11.4. The van der Waals surface area contributed by atoms with E-state index in [1.807, 2.05) is 0 Å².